The van der Waals surface area contributed by atoms with E-state index < -0.39 is 5.91 Å². The number of carbonyl (C=O) groups is 1. The Morgan fingerprint density at radius 3 is 2.14 bits per heavy atom. The molecule has 0 aliphatic rings. The van der Waals surface area contributed by atoms with Crippen LogP contribution in [0.3, 0.4) is 0 Å². The van der Waals surface area contributed by atoms with Crippen LogP contribution in [0, 0.1) is 11.3 Å². The molecule has 0 radical (unpaired) electrons. The smallest absolute Gasteiger partial charge is 0.266 e. The molecule has 3 aromatic rings. The Labute approximate surface area is 177 Å². The molecular formula is C22H14Cl2N2OS. The highest BCUT2D eigenvalue weighted by Gasteiger charge is 2.11. The number of nitrogens with one attached hydrogen (secondary N) is 1. The number of carbonyl (C=O) groups excluding carboxylic acids is 1. The number of rotatable bonds is 5. The predicted molar refractivity (Wildman–Crippen MR) is 116 cm³/mol. The molecule has 3 rings (SSSR count). The molecule has 3 aromatic carbocycles. The fourth-order valence-electron chi connectivity index (χ4n) is 2.34. The van der Waals surface area contributed by atoms with Gasteiger partial charge in [0.25, 0.3) is 5.91 Å². The van der Waals surface area contributed by atoms with E-state index in [4.69, 9.17) is 23.2 Å². The maximum Gasteiger partial charge on any atom is 0.266 e. The normalized spacial score (nSPS) is 11.0. The zero-order chi connectivity index (χ0) is 19.9. The van der Waals surface area contributed by atoms with Gasteiger partial charge in [0.15, 0.2) is 0 Å². The molecule has 0 heterocycles. The first kappa shape index (κ1) is 20.0. The summed E-state index contributed by atoms with van der Waals surface area (Å²) in [4.78, 5) is 14.5. The molecule has 6 heteroatoms. The Morgan fingerprint density at radius 2 is 1.54 bits per heavy atom. The number of anilines is 1. The van der Waals surface area contributed by atoms with Gasteiger partial charge in [-0.3, -0.25) is 4.79 Å². The number of para-hydroxylation sites is 1. The fourth-order valence-corrected chi connectivity index (χ4v) is 3.46. The Hall–Kier alpha value is -2.71. The van der Waals surface area contributed by atoms with E-state index in [2.05, 4.69) is 5.32 Å². The predicted octanol–water partition coefficient (Wildman–Crippen LogP) is 6.69. The van der Waals surface area contributed by atoms with Gasteiger partial charge in [0.1, 0.15) is 11.6 Å². The van der Waals surface area contributed by atoms with Crippen molar-refractivity contribution in [2.45, 2.75) is 9.79 Å². The van der Waals surface area contributed by atoms with Gasteiger partial charge in [0.2, 0.25) is 0 Å². The summed E-state index contributed by atoms with van der Waals surface area (Å²) in [5.74, 6) is -0.504. The SMILES string of the molecule is N#C/C(=C\c1ccc(Sc2ccc(Cl)cc2)cc1)C(=O)Nc1ccccc1Cl. The highest BCUT2D eigenvalue weighted by Crippen LogP contribution is 2.29. The van der Waals surface area contributed by atoms with Gasteiger partial charge in [-0.05, 0) is 60.2 Å². The standard InChI is InChI=1S/C22H14Cl2N2OS/c23-17-7-11-19(12-8-17)28-18-9-5-15(6-10-18)13-16(14-25)22(27)26-21-4-2-1-3-20(21)24/h1-13H,(H,26,27)/b16-13+. The average Bonchev–Trinajstić information content (AvgIpc) is 2.71. The molecule has 1 amide bonds. The van der Waals surface area contributed by atoms with E-state index in [0.717, 1.165) is 15.4 Å². The first-order valence-electron chi connectivity index (χ1n) is 8.26. The fraction of sp³-hybridized carbons (Fsp3) is 0. The molecular weight excluding hydrogens is 411 g/mol. The molecule has 0 aromatic heterocycles. The van der Waals surface area contributed by atoms with Crippen LogP contribution in [0.15, 0.2) is 88.2 Å². The highest BCUT2D eigenvalue weighted by molar-refractivity contribution is 7.99. The maximum atomic E-state index is 12.4. The summed E-state index contributed by atoms with van der Waals surface area (Å²) in [7, 11) is 0. The first-order valence-corrected chi connectivity index (χ1v) is 9.83. The summed E-state index contributed by atoms with van der Waals surface area (Å²) < 4.78 is 0. The van der Waals surface area contributed by atoms with Crippen molar-refractivity contribution in [2.75, 3.05) is 5.32 Å². The van der Waals surface area contributed by atoms with Crippen LogP contribution in [-0.4, -0.2) is 5.91 Å². The van der Waals surface area contributed by atoms with Crippen LogP contribution in [0.25, 0.3) is 6.08 Å². The Morgan fingerprint density at radius 1 is 0.929 bits per heavy atom. The molecule has 138 valence electrons. The number of halogens is 2. The van der Waals surface area contributed by atoms with Gasteiger partial charge in [-0.25, -0.2) is 0 Å². The molecule has 0 unspecified atom stereocenters. The second kappa shape index (κ2) is 9.48. The van der Waals surface area contributed by atoms with Crippen LogP contribution < -0.4 is 5.32 Å². The molecule has 0 bridgehead atoms. The number of benzene rings is 3. The van der Waals surface area contributed by atoms with Gasteiger partial charge >= 0.3 is 0 Å². The summed E-state index contributed by atoms with van der Waals surface area (Å²) >= 11 is 13.5. The first-order chi connectivity index (χ1) is 13.5. The van der Waals surface area contributed by atoms with Crippen LogP contribution >= 0.6 is 35.0 Å². The lowest BCUT2D eigenvalue weighted by atomic mass is 10.1. The lowest BCUT2D eigenvalue weighted by molar-refractivity contribution is -0.112. The van der Waals surface area contributed by atoms with E-state index in [9.17, 15) is 10.1 Å². The minimum Gasteiger partial charge on any atom is -0.320 e. The van der Waals surface area contributed by atoms with Gasteiger partial charge in [0, 0.05) is 14.8 Å². The third kappa shape index (κ3) is 5.40. The minimum absolute atomic E-state index is 0.00183. The summed E-state index contributed by atoms with van der Waals surface area (Å²) in [6.45, 7) is 0. The van der Waals surface area contributed by atoms with Crippen LogP contribution in [0.5, 0.6) is 0 Å². The van der Waals surface area contributed by atoms with E-state index >= 15 is 0 Å². The molecule has 0 aliphatic heterocycles. The van der Waals surface area contributed by atoms with Crippen LogP contribution in [0.4, 0.5) is 5.69 Å². The molecule has 0 spiro atoms. The minimum atomic E-state index is -0.504. The zero-order valence-electron chi connectivity index (χ0n) is 14.5. The monoisotopic (exact) mass is 424 g/mol. The largest absolute Gasteiger partial charge is 0.320 e. The van der Waals surface area contributed by atoms with Crippen molar-refractivity contribution in [2.24, 2.45) is 0 Å². The second-order valence-electron chi connectivity index (χ2n) is 5.73. The molecule has 28 heavy (non-hydrogen) atoms. The molecule has 0 aliphatic carbocycles. The van der Waals surface area contributed by atoms with E-state index in [1.54, 1.807) is 42.1 Å². The summed E-state index contributed by atoms with van der Waals surface area (Å²) in [5, 5.41) is 13.1. The number of hydrogen-bond acceptors (Lipinski definition) is 3. The summed E-state index contributed by atoms with van der Waals surface area (Å²) in [5.41, 5.74) is 1.22. The number of amides is 1. The van der Waals surface area contributed by atoms with Crippen molar-refractivity contribution in [1.82, 2.24) is 0 Å². The number of hydrogen-bond donors (Lipinski definition) is 1. The van der Waals surface area contributed by atoms with E-state index in [1.165, 1.54) is 0 Å². The second-order valence-corrected chi connectivity index (χ2v) is 7.72. The summed E-state index contributed by atoms with van der Waals surface area (Å²) in [6.07, 6.45) is 1.54. The highest BCUT2D eigenvalue weighted by atomic mass is 35.5. The molecule has 0 saturated heterocycles. The Kier molecular flexibility index (Phi) is 6.78. The lowest BCUT2D eigenvalue weighted by Crippen LogP contribution is -2.13. The quantitative estimate of drug-likeness (QED) is 0.366. The van der Waals surface area contributed by atoms with Crippen molar-refractivity contribution in [3.8, 4) is 6.07 Å². The van der Waals surface area contributed by atoms with E-state index in [0.29, 0.717) is 15.7 Å². The Bertz CT molecular complexity index is 1060. The third-order valence-corrected chi connectivity index (χ3v) is 5.32. The Balaban J connectivity index is 1.72. The molecule has 1 N–H and O–H groups in total. The van der Waals surface area contributed by atoms with Crippen molar-refractivity contribution >= 4 is 52.6 Å². The molecule has 0 atom stereocenters. The molecule has 3 nitrogen and oxygen atoms in total. The molecule has 0 fully saturated rings. The van der Waals surface area contributed by atoms with Crippen LogP contribution in [-0.2, 0) is 4.79 Å². The van der Waals surface area contributed by atoms with Crippen molar-refractivity contribution in [3.05, 3.63) is 94.0 Å². The third-order valence-electron chi connectivity index (χ3n) is 3.73. The van der Waals surface area contributed by atoms with Gasteiger partial charge in [-0.15, -0.1) is 0 Å². The van der Waals surface area contributed by atoms with Gasteiger partial charge in [-0.2, -0.15) is 5.26 Å². The lowest BCUT2D eigenvalue weighted by Gasteiger charge is -2.06. The zero-order valence-corrected chi connectivity index (χ0v) is 16.9. The van der Waals surface area contributed by atoms with E-state index in [1.807, 2.05) is 54.6 Å². The van der Waals surface area contributed by atoms with Crippen LogP contribution in [0.1, 0.15) is 5.56 Å². The van der Waals surface area contributed by atoms with E-state index in [-0.39, 0.29) is 5.57 Å². The molecule has 0 saturated carbocycles. The van der Waals surface area contributed by atoms with Crippen molar-refractivity contribution in [1.29, 1.82) is 5.26 Å². The van der Waals surface area contributed by atoms with Crippen molar-refractivity contribution in [3.63, 3.8) is 0 Å². The van der Waals surface area contributed by atoms with Gasteiger partial charge in [-0.1, -0.05) is 59.2 Å². The number of nitriles is 1. The van der Waals surface area contributed by atoms with Gasteiger partial charge in [0.05, 0.1) is 10.7 Å². The van der Waals surface area contributed by atoms with Gasteiger partial charge < -0.3 is 5.32 Å². The number of nitrogens with zero attached hydrogens (tertiary/aromatic N) is 1. The van der Waals surface area contributed by atoms with Crippen LogP contribution in [0.2, 0.25) is 10.0 Å². The summed E-state index contributed by atoms with van der Waals surface area (Å²) in [6, 6.07) is 24.0. The van der Waals surface area contributed by atoms with Crippen molar-refractivity contribution < 1.29 is 4.79 Å². The average molecular weight is 425 g/mol. The maximum absolute atomic E-state index is 12.4. The topological polar surface area (TPSA) is 52.9 Å².